The highest BCUT2D eigenvalue weighted by molar-refractivity contribution is 7.89. The minimum Gasteiger partial charge on any atom is -0.494 e. The Bertz CT molecular complexity index is 1170. The monoisotopic (exact) mass is 512 g/mol. The molecule has 0 spiro atoms. The molecule has 0 N–H and O–H groups in total. The van der Waals surface area contributed by atoms with Gasteiger partial charge in [0, 0.05) is 10.6 Å². The average Bonchev–Trinajstić information content (AvgIpc) is 3.03. The number of nitrogens with zero attached hydrogens (tertiary/aromatic N) is 2. The van der Waals surface area contributed by atoms with E-state index in [-0.39, 0.29) is 21.4 Å². The number of halogens is 2. The van der Waals surface area contributed by atoms with Crippen LogP contribution in [0.4, 0.5) is 5.69 Å². The third kappa shape index (κ3) is 4.89. The minimum absolute atomic E-state index is 0.0172. The van der Waals surface area contributed by atoms with Gasteiger partial charge in [0.05, 0.1) is 23.7 Å². The van der Waals surface area contributed by atoms with E-state index in [1.807, 2.05) is 13.8 Å². The van der Waals surface area contributed by atoms with Crippen LogP contribution in [0.3, 0.4) is 0 Å². The molecule has 1 heterocycles. The van der Waals surface area contributed by atoms with E-state index >= 15 is 0 Å². The summed E-state index contributed by atoms with van der Waals surface area (Å²) in [6.45, 7) is 7.56. The highest BCUT2D eigenvalue weighted by atomic mass is 35.5. The Morgan fingerprint density at radius 3 is 2.30 bits per heavy atom. The first-order valence-corrected chi connectivity index (χ1v) is 12.7. The van der Waals surface area contributed by atoms with Gasteiger partial charge in [0.2, 0.25) is 15.9 Å². The number of imide groups is 1. The van der Waals surface area contributed by atoms with E-state index in [9.17, 15) is 18.0 Å². The number of rotatable bonds is 8. The Kier molecular flexibility index (Phi) is 7.43. The molecule has 1 unspecified atom stereocenters. The van der Waals surface area contributed by atoms with Gasteiger partial charge in [-0.15, -0.1) is 0 Å². The van der Waals surface area contributed by atoms with Crippen LogP contribution in [0.25, 0.3) is 0 Å². The van der Waals surface area contributed by atoms with Crippen molar-refractivity contribution < 1.29 is 22.7 Å². The molecule has 2 aromatic carbocycles. The molecule has 1 saturated heterocycles. The van der Waals surface area contributed by atoms with E-state index in [2.05, 4.69) is 0 Å². The van der Waals surface area contributed by atoms with Gasteiger partial charge in [-0.05, 0) is 69.7 Å². The summed E-state index contributed by atoms with van der Waals surface area (Å²) in [6, 6.07) is 9.41. The second-order valence-electron chi connectivity index (χ2n) is 8.26. The predicted octanol–water partition coefficient (Wildman–Crippen LogP) is 4.90. The fourth-order valence-electron chi connectivity index (χ4n) is 3.78. The summed E-state index contributed by atoms with van der Waals surface area (Å²) < 4.78 is 34.1. The molecule has 0 aromatic heterocycles. The van der Waals surface area contributed by atoms with E-state index < -0.39 is 33.4 Å². The van der Waals surface area contributed by atoms with Crippen molar-refractivity contribution in [3.63, 3.8) is 0 Å². The predicted molar refractivity (Wildman–Crippen MR) is 128 cm³/mol. The van der Waals surface area contributed by atoms with Crippen molar-refractivity contribution in [2.75, 3.05) is 11.5 Å². The van der Waals surface area contributed by atoms with Crippen molar-refractivity contribution >= 4 is 50.7 Å². The van der Waals surface area contributed by atoms with Crippen molar-refractivity contribution in [3.8, 4) is 5.75 Å². The van der Waals surface area contributed by atoms with Crippen molar-refractivity contribution in [1.29, 1.82) is 0 Å². The highest BCUT2D eigenvalue weighted by Gasteiger charge is 2.51. The van der Waals surface area contributed by atoms with E-state index in [0.717, 1.165) is 9.21 Å². The van der Waals surface area contributed by atoms with Gasteiger partial charge in [-0.2, -0.15) is 4.31 Å². The second kappa shape index (κ2) is 9.62. The maximum Gasteiger partial charge on any atom is 0.252 e. The molecule has 3 rings (SSSR count). The van der Waals surface area contributed by atoms with Gasteiger partial charge in [-0.25, -0.2) is 13.3 Å². The molecule has 33 heavy (non-hydrogen) atoms. The van der Waals surface area contributed by atoms with Crippen LogP contribution in [0.1, 0.15) is 40.5 Å². The molecule has 178 valence electrons. The maximum atomic E-state index is 13.8. The maximum absolute atomic E-state index is 13.8. The molecule has 1 aliphatic heterocycles. The standard InChI is InChI=1S/C23H26Cl2N2O5S/c1-5-23(3,4)27(33(30,31)20-13-15(24)7-12-18(20)25)19-14-21(28)26(22(19)29)16-8-10-17(11-9-16)32-6-2/h7-13,19H,5-6,14H2,1-4H3. The van der Waals surface area contributed by atoms with Crippen LogP contribution in [-0.4, -0.2) is 42.7 Å². The molecular weight excluding hydrogens is 487 g/mol. The molecule has 2 aromatic rings. The lowest BCUT2D eigenvalue weighted by atomic mass is 10.00. The highest BCUT2D eigenvalue weighted by Crippen LogP contribution is 2.38. The first-order valence-electron chi connectivity index (χ1n) is 10.5. The molecule has 0 radical (unpaired) electrons. The SMILES string of the molecule is CCOc1ccc(N2C(=O)CC(N(C(C)(C)CC)S(=O)(=O)c3cc(Cl)ccc3Cl)C2=O)cc1. The molecule has 1 aliphatic rings. The number of benzene rings is 2. The lowest BCUT2D eigenvalue weighted by molar-refractivity contribution is -0.122. The molecule has 7 nitrogen and oxygen atoms in total. The summed E-state index contributed by atoms with van der Waals surface area (Å²) in [5, 5.41) is 0.175. The van der Waals surface area contributed by atoms with Crippen LogP contribution in [-0.2, 0) is 19.6 Å². The first-order chi connectivity index (χ1) is 15.4. The topological polar surface area (TPSA) is 84.0 Å². The number of hydrogen-bond acceptors (Lipinski definition) is 5. The number of sulfonamides is 1. The van der Waals surface area contributed by atoms with Crippen LogP contribution < -0.4 is 9.64 Å². The summed E-state index contributed by atoms with van der Waals surface area (Å²) in [5.41, 5.74) is -0.636. The van der Waals surface area contributed by atoms with Gasteiger partial charge >= 0.3 is 0 Å². The summed E-state index contributed by atoms with van der Waals surface area (Å²) in [6.07, 6.45) is 0.109. The number of ether oxygens (including phenoxy) is 1. The van der Waals surface area contributed by atoms with Crippen molar-refractivity contribution in [3.05, 3.63) is 52.5 Å². The van der Waals surface area contributed by atoms with Crippen LogP contribution in [0.15, 0.2) is 47.4 Å². The molecule has 1 fully saturated rings. The quantitative estimate of drug-likeness (QED) is 0.469. The van der Waals surface area contributed by atoms with Gasteiger partial charge in [0.1, 0.15) is 16.7 Å². The fraction of sp³-hybridized carbons (Fsp3) is 0.391. The fourth-order valence-corrected chi connectivity index (χ4v) is 6.51. The number of hydrogen-bond donors (Lipinski definition) is 0. The van der Waals surface area contributed by atoms with Gasteiger partial charge in [0.25, 0.3) is 5.91 Å². The van der Waals surface area contributed by atoms with Crippen molar-refractivity contribution in [1.82, 2.24) is 4.31 Å². The molecule has 0 bridgehead atoms. The Morgan fingerprint density at radius 1 is 1.09 bits per heavy atom. The van der Waals surface area contributed by atoms with E-state index in [0.29, 0.717) is 24.5 Å². The zero-order chi connectivity index (χ0) is 24.6. The van der Waals surface area contributed by atoms with E-state index in [4.69, 9.17) is 27.9 Å². The molecular formula is C23H26Cl2N2O5S. The minimum atomic E-state index is -4.29. The van der Waals surface area contributed by atoms with Crippen LogP contribution in [0.2, 0.25) is 10.0 Å². The average molecular weight is 513 g/mol. The van der Waals surface area contributed by atoms with Crippen LogP contribution in [0, 0.1) is 0 Å². The lowest BCUT2D eigenvalue weighted by Gasteiger charge is -2.39. The normalized spacial score (nSPS) is 17.2. The molecule has 2 amide bonds. The molecule has 1 atom stereocenters. The third-order valence-corrected chi connectivity index (χ3v) is 8.54. The number of carbonyl (C=O) groups is 2. The Balaban J connectivity index is 2.06. The van der Waals surface area contributed by atoms with E-state index in [1.54, 1.807) is 38.1 Å². The van der Waals surface area contributed by atoms with E-state index in [1.165, 1.54) is 18.2 Å². The van der Waals surface area contributed by atoms with Crippen molar-refractivity contribution in [2.24, 2.45) is 0 Å². The lowest BCUT2D eigenvalue weighted by Crippen LogP contribution is -2.55. The first kappa shape index (κ1) is 25.5. The smallest absolute Gasteiger partial charge is 0.252 e. The molecule has 0 aliphatic carbocycles. The number of anilines is 1. The van der Waals surface area contributed by atoms with Crippen molar-refractivity contribution in [2.45, 2.75) is 57.0 Å². The van der Waals surface area contributed by atoms with Gasteiger partial charge in [-0.1, -0.05) is 30.1 Å². The largest absolute Gasteiger partial charge is 0.494 e. The Morgan fingerprint density at radius 2 is 1.73 bits per heavy atom. The van der Waals surface area contributed by atoms with Crippen LogP contribution >= 0.6 is 23.2 Å². The molecule has 10 heteroatoms. The van der Waals surface area contributed by atoms with Gasteiger partial charge in [-0.3, -0.25) is 9.59 Å². The molecule has 0 saturated carbocycles. The number of amides is 2. The summed E-state index contributed by atoms with van der Waals surface area (Å²) in [7, 11) is -4.29. The Hall–Kier alpha value is -2.13. The van der Waals surface area contributed by atoms with Gasteiger partial charge < -0.3 is 4.74 Å². The Labute approximate surface area is 204 Å². The zero-order valence-corrected chi connectivity index (χ0v) is 21.2. The summed E-state index contributed by atoms with van der Waals surface area (Å²) in [5.74, 6) is -0.505. The number of carbonyl (C=O) groups excluding carboxylic acids is 2. The summed E-state index contributed by atoms with van der Waals surface area (Å²) >= 11 is 12.3. The third-order valence-electron chi connectivity index (χ3n) is 5.70. The van der Waals surface area contributed by atoms with Crippen LogP contribution in [0.5, 0.6) is 5.75 Å². The summed E-state index contributed by atoms with van der Waals surface area (Å²) in [4.78, 5) is 27.2. The zero-order valence-electron chi connectivity index (χ0n) is 18.8. The second-order valence-corrected chi connectivity index (χ2v) is 10.9. The van der Waals surface area contributed by atoms with Gasteiger partial charge in [0.15, 0.2) is 0 Å².